The number of piperazine rings is 1. The van der Waals surface area contributed by atoms with Crippen molar-refractivity contribution in [2.75, 3.05) is 6.54 Å². The van der Waals surface area contributed by atoms with Gasteiger partial charge in [0.05, 0.1) is 18.3 Å². The van der Waals surface area contributed by atoms with Crippen molar-refractivity contribution in [2.24, 2.45) is 0 Å². The molecule has 2 heterocycles. The van der Waals surface area contributed by atoms with Gasteiger partial charge in [-0.15, -0.1) is 5.10 Å². The number of imide groups is 1. The quantitative estimate of drug-likeness (QED) is 0.802. The molecule has 1 aromatic rings. The second kappa shape index (κ2) is 5.41. The van der Waals surface area contributed by atoms with Gasteiger partial charge in [-0.05, 0) is 18.6 Å². The summed E-state index contributed by atoms with van der Waals surface area (Å²) in [7, 11) is 0. The molecule has 6 nitrogen and oxygen atoms in total. The van der Waals surface area contributed by atoms with E-state index in [1.807, 2.05) is 6.92 Å². The predicted molar refractivity (Wildman–Crippen MR) is 64.7 cm³/mol. The third-order valence-electron chi connectivity index (χ3n) is 2.79. The minimum atomic E-state index is -0.305. The maximum atomic E-state index is 11.7. The van der Waals surface area contributed by atoms with E-state index in [4.69, 9.17) is 11.6 Å². The number of hydrogen-bond donors (Lipinski definition) is 1. The molecule has 18 heavy (non-hydrogen) atoms. The monoisotopic (exact) mass is 268 g/mol. The third kappa shape index (κ3) is 2.83. The number of nitrogens with one attached hydrogen (secondary N) is 1. The number of aromatic nitrogens is 2. The third-order valence-corrected chi connectivity index (χ3v) is 2.99. The molecule has 0 bridgehead atoms. The van der Waals surface area contributed by atoms with Crippen LogP contribution < -0.4 is 5.32 Å². The Morgan fingerprint density at radius 1 is 1.44 bits per heavy atom. The number of nitrogens with zero attached hydrogens (tertiary/aromatic N) is 3. The summed E-state index contributed by atoms with van der Waals surface area (Å²) in [6.45, 7) is 2.50. The largest absolute Gasteiger partial charge is 0.294 e. The van der Waals surface area contributed by atoms with Crippen molar-refractivity contribution in [1.29, 1.82) is 0 Å². The molecular formula is C11H13ClN4O2. The first-order valence-electron chi connectivity index (χ1n) is 5.66. The Morgan fingerprint density at radius 2 is 2.22 bits per heavy atom. The van der Waals surface area contributed by atoms with E-state index in [0.29, 0.717) is 23.8 Å². The normalized spacial score (nSPS) is 20.9. The molecule has 7 heteroatoms. The lowest BCUT2D eigenvalue weighted by Gasteiger charge is -2.32. The van der Waals surface area contributed by atoms with Gasteiger partial charge in [-0.3, -0.25) is 19.8 Å². The minimum Gasteiger partial charge on any atom is -0.294 e. The Bertz CT molecular complexity index is 463. The van der Waals surface area contributed by atoms with E-state index in [2.05, 4.69) is 15.5 Å². The average Bonchev–Trinajstić information content (AvgIpc) is 2.32. The highest BCUT2D eigenvalue weighted by Gasteiger charge is 2.32. The van der Waals surface area contributed by atoms with Gasteiger partial charge in [0, 0.05) is 6.54 Å². The first-order valence-corrected chi connectivity index (χ1v) is 6.03. The molecule has 1 aromatic heterocycles. The van der Waals surface area contributed by atoms with E-state index in [-0.39, 0.29) is 24.4 Å². The number of carbonyl (C=O) groups excluding carboxylic acids is 2. The molecule has 1 N–H and O–H groups in total. The Kier molecular flexibility index (Phi) is 3.88. The smallest absolute Gasteiger partial charge is 0.243 e. The van der Waals surface area contributed by atoms with Crippen LogP contribution in [-0.2, 0) is 16.1 Å². The zero-order valence-electron chi connectivity index (χ0n) is 9.89. The second-order valence-corrected chi connectivity index (χ2v) is 4.48. The Morgan fingerprint density at radius 3 is 2.83 bits per heavy atom. The standard InChI is InChI=1S/C11H13ClN4O2/c1-2-8-11(18)13-10(17)6-16(8)5-7-3-4-9(12)15-14-7/h3-4,8H,2,5-6H2,1H3,(H,13,17,18). The lowest BCUT2D eigenvalue weighted by molar-refractivity contribution is -0.140. The fraction of sp³-hybridized carbons (Fsp3) is 0.455. The second-order valence-electron chi connectivity index (χ2n) is 4.09. The summed E-state index contributed by atoms with van der Waals surface area (Å²) in [6, 6.07) is 3.07. The lowest BCUT2D eigenvalue weighted by Crippen LogP contribution is -2.57. The van der Waals surface area contributed by atoms with Crippen LogP contribution in [-0.4, -0.2) is 39.5 Å². The zero-order valence-corrected chi connectivity index (χ0v) is 10.6. The van der Waals surface area contributed by atoms with Gasteiger partial charge >= 0.3 is 0 Å². The number of hydrogen-bond acceptors (Lipinski definition) is 5. The molecule has 2 amide bonds. The van der Waals surface area contributed by atoms with E-state index < -0.39 is 0 Å². The fourth-order valence-corrected chi connectivity index (χ4v) is 2.07. The summed E-state index contributed by atoms with van der Waals surface area (Å²) in [4.78, 5) is 24.8. The molecule has 1 atom stereocenters. The van der Waals surface area contributed by atoms with Crippen molar-refractivity contribution in [2.45, 2.75) is 25.9 Å². The Labute approximate surface area is 109 Å². The number of amides is 2. The summed E-state index contributed by atoms with van der Waals surface area (Å²) in [5, 5.41) is 10.3. The predicted octanol–water partition coefficient (Wildman–Crippen LogP) is 0.367. The van der Waals surface area contributed by atoms with Crippen LogP contribution in [0.2, 0.25) is 5.15 Å². The molecule has 2 rings (SSSR count). The number of rotatable bonds is 3. The van der Waals surface area contributed by atoms with Crippen LogP contribution in [0.25, 0.3) is 0 Å². The molecule has 0 radical (unpaired) electrons. The van der Waals surface area contributed by atoms with Crippen molar-refractivity contribution in [3.63, 3.8) is 0 Å². The zero-order chi connectivity index (χ0) is 13.1. The van der Waals surface area contributed by atoms with Gasteiger partial charge in [-0.25, -0.2) is 0 Å². The molecule has 0 aromatic carbocycles. The van der Waals surface area contributed by atoms with Gasteiger partial charge in [0.25, 0.3) is 0 Å². The summed E-state index contributed by atoms with van der Waals surface area (Å²) in [5.41, 5.74) is 0.681. The maximum Gasteiger partial charge on any atom is 0.243 e. The Balaban J connectivity index is 2.12. The van der Waals surface area contributed by atoms with E-state index in [1.165, 1.54) is 0 Å². The lowest BCUT2D eigenvalue weighted by atomic mass is 10.1. The molecule has 0 aliphatic carbocycles. The van der Waals surface area contributed by atoms with Gasteiger partial charge in [-0.1, -0.05) is 18.5 Å². The van der Waals surface area contributed by atoms with Crippen LogP contribution >= 0.6 is 11.6 Å². The SMILES string of the molecule is CCC1C(=O)NC(=O)CN1Cc1ccc(Cl)nn1. The minimum absolute atomic E-state index is 0.189. The van der Waals surface area contributed by atoms with Crippen LogP contribution in [0, 0.1) is 0 Å². The molecule has 1 aliphatic heterocycles. The van der Waals surface area contributed by atoms with Crippen LogP contribution in [0.15, 0.2) is 12.1 Å². The summed E-state index contributed by atoms with van der Waals surface area (Å²) in [5.74, 6) is -0.540. The molecule has 1 fully saturated rings. The highest BCUT2D eigenvalue weighted by molar-refractivity contribution is 6.29. The first kappa shape index (κ1) is 12.9. The molecule has 1 aliphatic rings. The molecule has 0 saturated carbocycles. The van der Waals surface area contributed by atoms with Crippen molar-refractivity contribution in [3.8, 4) is 0 Å². The van der Waals surface area contributed by atoms with Crippen molar-refractivity contribution < 1.29 is 9.59 Å². The highest BCUT2D eigenvalue weighted by Crippen LogP contribution is 2.13. The Hall–Kier alpha value is -1.53. The van der Waals surface area contributed by atoms with Gasteiger partial charge in [0.15, 0.2) is 5.15 Å². The van der Waals surface area contributed by atoms with Gasteiger partial charge in [0.1, 0.15) is 0 Å². The van der Waals surface area contributed by atoms with E-state index in [1.54, 1.807) is 17.0 Å². The van der Waals surface area contributed by atoms with Crippen molar-refractivity contribution >= 4 is 23.4 Å². The summed E-state index contributed by atoms with van der Waals surface area (Å²) < 4.78 is 0. The van der Waals surface area contributed by atoms with Gasteiger partial charge in [-0.2, -0.15) is 5.10 Å². The van der Waals surface area contributed by atoms with Crippen LogP contribution in [0.1, 0.15) is 19.0 Å². The van der Waals surface area contributed by atoms with E-state index in [0.717, 1.165) is 0 Å². The highest BCUT2D eigenvalue weighted by atomic mass is 35.5. The van der Waals surface area contributed by atoms with Crippen LogP contribution in [0.5, 0.6) is 0 Å². The fourth-order valence-electron chi connectivity index (χ4n) is 1.97. The summed E-state index contributed by atoms with van der Waals surface area (Å²) >= 11 is 5.65. The molecule has 96 valence electrons. The van der Waals surface area contributed by atoms with Crippen LogP contribution in [0.4, 0.5) is 0 Å². The van der Waals surface area contributed by atoms with E-state index >= 15 is 0 Å². The molecule has 1 saturated heterocycles. The molecule has 0 spiro atoms. The van der Waals surface area contributed by atoms with Gasteiger partial charge in [0.2, 0.25) is 11.8 Å². The number of carbonyl (C=O) groups is 2. The average molecular weight is 269 g/mol. The van der Waals surface area contributed by atoms with Gasteiger partial charge < -0.3 is 0 Å². The maximum absolute atomic E-state index is 11.7. The van der Waals surface area contributed by atoms with E-state index in [9.17, 15) is 9.59 Å². The summed E-state index contributed by atoms with van der Waals surface area (Å²) in [6.07, 6.45) is 0.639. The van der Waals surface area contributed by atoms with Crippen LogP contribution in [0.3, 0.4) is 0 Å². The topological polar surface area (TPSA) is 75.2 Å². The molecule has 1 unspecified atom stereocenters. The molecular weight excluding hydrogens is 256 g/mol. The first-order chi connectivity index (χ1) is 8.60. The van der Waals surface area contributed by atoms with Crippen molar-refractivity contribution in [1.82, 2.24) is 20.4 Å². The number of halogens is 1. The van der Waals surface area contributed by atoms with Crippen molar-refractivity contribution in [3.05, 3.63) is 23.0 Å².